The number of carbonyl (C=O) groups is 1. The lowest BCUT2D eigenvalue weighted by Gasteiger charge is -2.12. The average molecular weight is 308 g/mol. The van der Waals surface area contributed by atoms with Crippen LogP contribution >= 0.6 is 0 Å². The first kappa shape index (κ1) is 16.1. The fourth-order valence-corrected chi connectivity index (χ4v) is 2.15. The Morgan fingerprint density at radius 2 is 1.68 bits per heavy atom. The molecule has 0 aliphatic carbocycles. The minimum Gasteiger partial charge on any atom is -0.469 e. The highest BCUT2D eigenvalue weighted by Crippen LogP contribution is 2.31. The Labute approximate surface area is 126 Å². The Morgan fingerprint density at radius 3 is 2.23 bits per heavy atom. The highest BCUT2D eigenvalue weighted by atomic mass is 19.4. The van der Waals surface area contributed by atoms with Crippen molar-refractivity contribution < 1.29 is 22.7 Å². The summed E-state index contributed by atoms with van der Waals surface area (Å²) < 4.78 is 42.4. The highest BCUT2D eigenvalue weighted by Gasteiger charge is 2.30. The minimum atomic E-state index is -4.35. The summed E-state index contributed by atoms with van der Waals surface area (Å²) in [5.74, 6) is -0.788. The average Bonchev–Trinajstić information content (AvgIpc) is 2.53. The molecule has 0 aromatic heterocycles. The lowest BCUT2D eigenvalue weighted by molar-refractivity contribution is -0.142. The largest absolute Gasteiger partial charge is 0.469 e. The molecule has 116 valence electrons. The predicted molar refractivity (Wildman–Crippen MR) is 77.3 cm³/mol. The molecule has 0 heterocycles. The molecule has 0 bridgehead atoms. The molecule has 22 heavy (non-hydrogen) atoms. The lowest BCUT2D eigenvalue weighted by atomic mass is 9.96. The normalized spacial score (nSPS) is 12.8. The summed E-state index contributed by atoms with van der Waals surface area (Å²) in [5.41, 5.74) is 1.48. The molecule has 0 saturated heterocycles. The summed E-state index contributed by atoms with van der Waals surface area (Å²) in [6, 6.07) is 12.1. The fourth-order valence-electron chi connectivity index (χ4n) is 2.15. The molecule has 5 heteroatoms. The molecule has 0 aliphatic heterocycles. The molecule has 2 aromatic carbocycles. The van der Waals surface area contributed by atoms with Gasteiger partial charge in [0.2, 0.25) is 0 Å². The van der Waals surface area contributed by atoms with E-state index in [2.05, 4.69) is 0 Å². The van der Waals surface area contributed by atoms with E-state index in [1.54, 1.807) is 31.2 Å². The van der Waals surface area contributed by atoms with E-state index in [-0.39, 0.29) is 5.97 Å². The number of carbonyl (C=O) groups excluding carboxylic acids is 1. The zero-order chi connectivity index (χ0) is 16.3. The van der Waals surface area contributed by atoms with E-state index in [9.17, 15) is 18.0 Å². The number of methoxy groups -OCH3 is 1. The van der Waals surface area contributed by atoms with Gasteiger partial charge < -0.3 is 4.74 Å². The molecule has 0 aliphatic rings. The third-order valence-corrected chi connectivity index (χ3v) is 3.49. The third-order valence-electron chi connectivity index (χ3n) is 3.49. The summed E-state index contributed by atoms with van der Waals surface area (Å²) in [5, 5.41) is 0. The first-order chi connectivity index (χ1) is 10.3. The molecule has 0 amide bonds. The van der Waals surface area contributed by atoms with Crippen molar-refractivity contribution in [3.63, 3.8) is 0 Å². The molecule has 2 rings (SSSR count). The number of halogens is 3. The molecule has 0 fully saturated rings. The van der Waals surface area contributed by atoms with E-state index < -0.39 is 17.7 Å². The van der Waals surface area contributed by atoms with Gasteiger partial charge in [-0.15, -0.1) is 0 Å². The molecule has 2 nitrogen and oxygen atoms in total. The van der Waals surface area contributed by atoms with Gasteiger partial charge in [-0.25, -0.2) is 0 Å². The maximum atomic E-state index is 12.6. The Hall–Kier alpha value is -2.30. The van der Waals surface area contributed by atoms with Crippen LogP contribution in [0.4, 0.5) is 13.2 Å². The van der Waals surface area contributed by atoms with Crippen molar-refractivity contribution in [3.8, 4) is 11.1 Å². The van der Waals surface area contributed by atoms with Crippen molar-refractivity contribution >= 4 is 5.97 Å². The molecular weight excluding hydrogens is 293 g/mol. The second-order valence-corrected chi connectivity index (χ2v) is 4.95. The van der Waals surface area contributed by atoms with Gasteiger partial charge in [0.15, 0.2) is 0 Å². The second kappa shape index (κ2) is 6.22. The zero-order valence-electron chi connectivity index (χ0n) is 12.1. The predicted octanol–water partition coefficient (Wildman–Crippen LogP) is 4.65. The first-order valence-corrected chi connectivity index (χ1v) is 6.68. The number of rotatable bonds is 3. The number of benzene rings is 2. The number of esters is 1. The van der Waals surface area contributed by atoms with Crippen molar-refractivity contribution in [1.82, 2.24) is 0 Å². The van der Waals surface area contributed by atoms with Gasteiger partial charge >= 0.3 is 12.1 Å². The van der Waals surface area contributed by atoms with Crippen LogP contribution in [-0.2, 0) is 15.7 Å². The van der Waals surface area contributed by atoms with Crippen LogP contribution in [0.5, 0.6) is 0 Å². The topological polar surface area (TPSA) is 26.3 Å². The Bertz CT molecular complexity index is 660. The molecular formula is C17H15F3O2. The van der Waals surface area contributed by atoms with Crippen LogP contribution in [0, 0.1) is 0 Å². The standard InChI is InChI=1S/C17H15F3O2/c1-11(16(21)22-2)13-4-3-5-14(10-13)12-6-8-15(9-7-12)17(18,19)20/h3-11H,1-2H3. The monoisotopic (exact) mass is 308 g/mol. The maximum absolute atomic E-state index is 12.6. The lowest BCUT2D eigenvalue weighted by Crippen LogP contribution is -2.10. The van der Waals surface area contributed by atoms with Crippen molar-refractivity contribution in [1.29, 1.82) is 0 Å². The molecule has 0 radical (unpaired) electrons. The number of alkyl halides is 3. The van der Waals surface area contributed by atoms with Crippen LogP contribution in [0.3, 0.4) is 0 Å². The van der Waals surface area contributed by atoms with Crippen LogP contribution in [-0.4, -0.2) is 13.1 Å². The van der Waals surface area contributed by atoms with Gasteiger partial charge in [0.05, 0.1) is 18.6 Å². The van der Waals surface area contributed by atoms with Crippen LogP contribution in [0.15, 0.2) is 48.5 Å². The van der Waals surface area contributed by atoms with Gasteiger partial charge in [-0.3, -0.25) is 4.79 Å². The van der Waals surface area contributed by atoms with Gasteiger partial charge in [-0.1, -0.05) is 36.4 Å². The Kier molecular flexibility index (Phi) is 4.54. The van der Waals surface area contributed by atoms with Gasteiger partial charge in [-0.2, -0.15) is 13.2 Å². The molecule has 1 atom stereocenters. The van der Waals surface area contributed by atoms with E-state index in [1.807, 2.05) is 0 Å². The Balaban J connectivity index is 2.32. The number of hydrogen-bond donors (Lipinski definition) is 0. The van der Waals surface area contributed by atoms with E-state index in [0.29, 0.717) is 5.56 Å². The SMILES string of the molecule is COC(=O)C(C)c1cccc(-c2ccc(C(F)(F)F)cc2)c1. The zero-order valence-corrected chi connectivity index (χ0v) is 12.1. The van der Waals surface area contributed by atoms with Gasteiger partial charge in [-0.05, 0) is 35.7 Å². The van der Waals surface area contributed by atoms with Crippen molar-refractivity contribution in [2.75, 3.05) is 7.11 Å². The summed E-state index contributed by atoms with van der Waals surface area (Å²) in [6.45, 7) is 1.72. The Morgan fingerprint density at radius 1 is 1.05 bits per heavy atom. The summed E-state index contributed by atoms with van der Waals surface area (Å²) in [6.07, 6.45) is -4.35. The van der Waals surface area contributed by atoms with Crippen LogP contribution < -0.4 is 0 Å². The minimum absolute atomic E-state index is 0.357. The fraction of sp³-hybridized carbons (Fsp3) is 0.235. The smallest absolute Gasteiger partial charge is 0.416 e. The number of hydrogen-bond acceptors (Lipinski definition) is 2. The van der Waals surface area contributed by atoms with Crippen LogP contribution in [0.2, 0.25) is 0 Å². The van der Waals surface area contributed by atoms with Gasteiger partial charge in [0.25, 0.3) is 0 Å². The van der Waals surface area contributed by atoms with Crippen molar-refractivity contribution in [2.45, 2.75) is 19.0 Å². The number of ether oxygens (including phenoxy) is 1. The molecule has 0 spiro atoms. The molecule has 0 N–H and O–H groups in total. The van der Waals surface area contributed by atoms with Gasteiger partial charge in [0, 0.05) is 0 Å². The summed E-state index contributed by atoms with van der Waals surface area (Å²) in [7, 11) is 1.32. The third kappa shape index (κ3) is 3.47. The quantitative estimate of drug-likeness (QED) is 0.772. The van der Waals surface area contributed by atoms with Crippen LogP contribution in [0.1, 0.15) is 24.0 Å². The summed E-state index contributed by atoms with van der Waals surface area (Å²) in [4.78, 5) is 11.6. The second-order valence-electron chi connectivity index (χ2n) is 4.95. The first-order valence-electron chi connectivity index (χ1n) is 6.68. The molecule has 0 saturated carbocycles. The molecule has 2 aromatic rings. The van der Waals surface area contributed by atoms with E-state index in [1.165, 1.54) is 19.2 Å². The van der Waals surface area contributed by atoms with Gasteiger partial charge in [0.1, 0.15) is 0 Å². The molecule has 1 unspecified atom stereocenters. The van der Waals surface area contributed by atoms with Crippen LogP contribution in [0.25, 0.3) is 11.1 Å². The van der Waals surface area contributed by atoms with Crippen molar-refractivity contribution in [2.24, 2.45) is 0 Å². The van der Waals surface area contributed by atoms with E-state index in [4.69, 9.17) is 4.74 Å². The maximum Gasteiger partial charge on any atom is 0.416 e. The summed E-state index contributed by atoms with van der Waals surface area (Å²) >= 11 is 0. The van der Waals surface area contributed by atoms with Crippen molar-refractivity contribution in [3.05, 3.63) is 59.7 Å². The highest BCUT2D eigenvalue weighted by molar-refractivity contribution is 5.78. The van der Waals surface area contributed by atoms with E-state index >= 15 is 0 Å². The van der Waals surface area contributed by atoms with E-state index in [0.717, 1.165) is 23.3 Å².